The summed E-state index contributed by atoms with van der Waals surface area (Å²) in [6.07, 6.45) is 3.95. The Hall–Kier alpha value is -3.58. The van der Waals surface area contributed by atoms with Crippen LogP contribution in [0.25, 0.3) is 22.0 Å². The van der Waals surface area contributed by atoms with E-state index < -0.39 is 0 Å². The van der Waals surface area contributed by atoms with Crippen molar-refractivity contribution in [2.75, 3.05) is 18.0 Å². The highest BCUT2D eigenvalue weighted by Gasteiger charge is 2.23. The molecule has 3 heterocycles. The smallest absolute Gasteiger partial charge is 0.168 e. The first-order valence-electron chi connectivity index (χ1n) is 9.94. The average molecular weight is 398 g/mol. The van der Waals surface area contributed by atoms with Crippen LogP contribution in [0.1, 0.15) is 16.1 Å². The molecule has 1 saturated heterocycles. The van der Waals surface area contributed by atoms with Gasteiger partial charge in [0.25, 0.3) is 0 Å². The molecule has 0 aliphatic carbocycles. The molecular formula is C23H22N6O. The summed E-state index contributed by atoms with van der Waals surface area (Å²) in [5, 5.41) is 10.2. The third kappa shape index (κ3) is 3.55. The van der Waals surface area contributed by atoms with Crippen LogP contribution in [0.3, 0.4) is 0 Å². The molecule has 0 radical (unpaired) electrons. The van der Waals surface area contributed by atoms with Gasteiger partial charge in [0, 0.05) is 60.3 Å². The topological polar surface area (TPSA) is 89.9 Å². The number of nitrogens with two attached hydrogens (primary N) is 1. The average Bonchev–Trinajstić information content (AvgIpc) is 3.17. The molecule has 1 aliphatic rings. The van der Waals surface area contributed by atoms with E-state index in [1.807, 2.05) is 61.9 Å². The molecule has 1 aliphatic heterocycles. The number of ketones is 1. The van der Waals surface area contributed by atoms with Crippen molar-refractivity contribution in [1.82, 2.24) is 20.0 Å². The zero-order chi connectivity index (χ0) is 20.7. The molecule has 5 rings (SSSR count). The monoisotopic (exact) mass is 398 g/mol. The molecule has 150 valence electrons. The van der Waals surface area contributed by atoms with Crippen LogP contribution in [0.15, 0.2) is 60.9 Å². The lowest BCUT2D eigenvalue weighted by atomic mass is 10.0. The summed E-state index contributed by atoms with van der Waals surface area (Å²) in [5.74, 6) is 0.0543. The van der Waals surface area contributed by atoms with E-state index in [2.05, 4.69) is 26.3 Å². The highest BCUT2D eigenvalue weighted by Crippen LogP contribution is 2.24. The fourth-order valence-corrected chi connectivity index (χ4v) is 3.79. The van der Waals surface area contributed by atoms with E-state index in [4.69, 9.17) is 5.73 Å². The van der Waals surface area contributed by atoms with Crippen molar-refractivity contribution in [3.05, 3.63) is 72.2 Å². The fourth-order valence-electron chi connectivity index (χ4n) is 3.79. The summed E-state index contributed by atoms with van der Waals surface area (Å²) in [5.41, 5.74) is 10.2. The second-order valence-corrected chi connectivity index (χ2v) is 7.83. The Balaban J connectivity index is 1.38. The van der Waals surface area contributed by atoms with Crippen LogP contribution in [0.5, 0.6) is 0 Å². The van der Waals surface area contributed by atoms with Gasteiger partial charge in [0.05, 0.1) is 12.6 Å². The quantitative estimate of drug-likeness (QED) is 0.520. The number of Topliss-reactive ketones (excluding diaryl/α,β-unsaturated/α-hetero) is 1. The maximum Gasteiger partial charge on any atom is 0.168 e. The molecule has 0 unspecified atom stereocenters. The number of aromatic nitrogens is 4. The maximum atomic E-state index is 12.9. The lowest BCUT2D eigenvalue weighted by molar-refractivity contribution is 0.0992. The van der Waals surface area contributed by atoms with Gasteiger partial charge >= 0.3 is 0 Å². The van der Waals surface area contributed by atoms with Crippen molar-refractivity contribution in [3.8, 4) is 11.3 Å². The third-order valence-electron chi connectivity index (χ3n) is 5.46. The van der Waals surface area contributed by atoms with Crippen LogP contribution in [0.4, 0.5) is 5.69 Å². The van der Waals surface area contributed by atoms with Crippen molar-refractivity contribution < 1.29 is 4.79 Å². The summed E-state index contributed by atoms with van der Waals surface area (Å²) < 4.78 is 1.68. The number of anilines is 1. The molecule has 30 heavy (non-hydrogen) atoms. The Bertz CT molecular complexity index is 1240. The Labute approximate surface area is 174 Å². The number of pyridine rings is 1. The molecule has 2 N–H and O–H groups in total. The van der Waals surface area contributed by atoms with E-state index in [1.54, 1.807) is 4.68 Å². The first kappa shape index (κ1) is 18.4. The number of hydrogen-bond donors (Lipinski definition) is 1. The van der Waals surface area contributed by atoms with Crippen LogP contribution in [-0.2, 0) is 13.5 Å². The van der Waals surface area contributed by atoms with Gasteiger partial charge in [-0.1, -0.05) is 29.5 Å². The van der Waals surface area contributed by atoms with E-state index in [-0.39, 0.29) is 18.2 Å². The van der Waals surface area contributed by atoms with Crippen molar-refractivity contribution in [1.29, 1.82) is 0 Å². The Kier molecular flexibility index (Phi) is 4.52. The summed E-state index contributed by atoms with van der Waals surface area (Å²) >= 11 is 0. The van der Waals surface area contributed by atoms with Crippen molar-refractivity contribution in [2.24, 2.45) is 12.8 Å². The number of rotatable bonds is 5. The predicted molar refractivity (Wildman–Crippen MR) is 116 cm³/mol. The van der Waals surface area contributed by atoms with Crippen molar-refractivity contribution >= 4 is 22.2 Å². The van der Waals surface area contributed by atoms with Crippen LogP contribution < -0.4 is 10.6 Å². The van der Waals surface area contributed by atoms with Gasteiger partial charge in [0.1, 0.15) is 5.69 Å². The van der Waals surface area contributed by atoms with E-state index in [0.29, 0.717) is 5.56 Å². The molecule has 0 bridgehead atoms. The second-order valence-electron chi connectivity index (χ2n) is 7.83. The molecular weight excluding hydrogens is 376 g/mol. The number of carbonyl (C=O) groups is 1. The normalized spacial score (nSPS) is 14.1. The molecule has 4 aromatic rings. The summed E-state index contributed by atoms with van der Waals surface area (Å²) in [7, 11) is 1.84. The predicted octanol–water partition coefficient (Wildman–Crippen LogP) is 2.60. The third-order valence-corrected chi connectivity index (χ3v) is 5.46. The van der Waals surface area contributed by atoms with E-state index in [1.165, 1.54) is 0 Å². The van der Waals surface area contributed by atoms with Gasteiger partial charge in [-0.25, -0.2) is 0 Å². The minimum Gasteiger partial charge on any atom is -0.368 e. The van der Waals surface area contributed by atoms with Crippen molar-refractivity contribution in [2.45, 2.75) is 12.5 Å². The zero-order valence-electron chi connectivity index (χ0n) is 16.7. The van der Waals surface area contributed by atoms with E-state index >= 15 is 0 Å². The summed E-state index contributed by atoms with van der Waals surface area (Å²) in [4.78, 5) is 19.6. The largest absolute Gasteiger partial charge is 0.368 e. The highest BCUT2D eigenvalue weighted by atomic mass is 16.1. The van der Waals surface area contributed by atoms with Gasteiger partial charge in [-0.2, -0.15) is 0 Å². The molecule has 7 heteroatoms. The standard InChI is InChI=1S/C23H22N6O/c1-28-14-22(26-27-28)15-5-6-17-11-25-20(8-18(17)7-15)10-23(30)16-3-2-4-21(9-16)29-12-19(24)13-29/h2-9,11,14,19H,10,12-13,24H2,1H3. The molecule has 7 nitrogen and oxygen atoms in total. The lowest BCUT2D eigenvalue weighted by Gasteiger charge is -2.39. The van der Waals surface area contributed by atoms with Crippen LogP contribution in [-0.4, -0.2) is 44.9 Å². The molecule has 2 aromatic heterocycles. The number of hydrogen-bond acceptors (Lipinski definition) is 6. The Morgan fingerprint density at radius 1 is 1.13 bits per heavy atom. The van der Waals surface area contributed by atoms with Gasteiger partial charge in [-0.05, 0) is 29.7 Å². The molecule has 0 saturated carbocycles. The van der Waals surface area contributed by atoms with E-state index in [9.17, 15) is 4.79 Å². The molecule has 0 atom stereocenters. The van der Waals surface area contributed by atoms with Gasteiger partial charge in [-0.3, -0.25) is 14.5 Å². The van der Waals surface area contributed by atoms with Gasteiger partial charge in [0.15, 0.2) is 5.78 Å². The number of benzene rings is 2. The minimum atomic E-state index is 0.0543. The number of nitrogens with zero attached hydrogens (tertiary/aromatic N) is 5. The SMILES string of the molecule is Cn1cc(-c2ccc3cnc(CC(=O)c4cccc(N5CC(N)C5)c4)cc3c2)nn1. The van der Waals surface area contributed by atoms with Crippen molar-refractivity contribution in [3.63, 3.8) is 0 Å². The molecule has 0 spiro atoms. The number of carbonyl (C=O) groups excluding carboxylic acids is 1. The Morgan fingerprint density at radius 2 is 2.00 bits per heavy atom. The molecule has 1 fully saturated rings. The van der Waals surface area contributed by atoms with Crippen LogP contribution >= 0.6 is 0 Å². The lowest BCUT2D eigenvalue weighted by Crippen LogP contribution is -2.55. The first-order valence-corrected chi connectivity index (χ1v) is 9.94. The van der Waals surface area contributed by atoms with E-state index in [0.717, 1.165) is 46.5 Å². The second kappa shape index (κ2) is 7.35. The fraction of sp³-hybridized carbons (Fsp3) is 0.217. The highest BCUT2D eigenvalue weighted by molar-refractivity contribution is 5.98. The van der Waals surface area contributed by atoms with Crippen LogP contribution in [0, 0.1) is 0 Å². The zero-order valence-corrected chi connectivity index (χ0v) is 16.7. The summed E-state index contributed by atoms with van der Waals surface area (Å²) in [6, 6.07) is 16.0. The minimum absolute atomic E-state index is 0.0543. The number of fused-ring (bicyclic) bond motifs is 1. The summed E-state index contributed by atoms with van der Waals surface area (Å²) in [6.45, 7) is 1.66. The maximum absolute atomic E-state index is 12.9. The van der Waals surface area contributed by atoms with Crippen LogP contribution in [0.2, 0.25) is 0 Å². The Morgan fingerprint density at radius 3 is 2.77 bits per heavy atom. The van der Waals surface area contributed by atoms with Gasteiger partial charge in [0.2, 0.25) is 0 Å². The van der Waals surface area contributed by atoms with Gasteiger partial charge < -0.3 is 10.6 Å². The van der Waals surface area contributed by atoms with Gasteiger partial charge in [-0.15, -0.1) is 5.10 Å². The number of aryl methyl sites for hydroxylation is 1. The molecule has 0 amide bonds. The molecule has 2 aromatic carbocycles. The first-order chi connectivity index (χ1) is 14.5.